The van der Waals surface area contributed by atoms with E-state index in [-0.39, 0.29) is 12.1 Å². The summed E-state index contributed by atoms with van der Waals surface area (Å²) in [5.74, 6) is 0.524. The van der Waals surface area contributed by atoms with E-state index < -0.39 is 0 Å². The third-order valence-electron chi connectivity index (χ3n) is 4.06. The van der Waals surface area contributed by atoms with Crippen molar-refractivity contribution in [1.82, 2.24) is 15.1 Å². The van der Waals surface area contributed by atoms with E-state index in [1.54, 1.807) is 21.9 Å². The van der Waals surface area contributed by atoms with Gasteiger partial charge in [0.15, 0.2) is 0 Å². The maximum Gasteiger partial charge on any atom is 0.415 e. The van der Waals surface area contributed by atoms with Gasteiger partial charge in [-0.1, -0.05) is 48.5 Å². The number of hydrogen-bond donors (Lipinski definition) is 1. The molecule has 0 saturated carbocycles. The predicted molar refractivity (Wildman–Crippen MR) is 94.3 cm³/mol. The van der Waals surface area contributed by atoms with Gasteiger partial charge in [0.1, 0.15) is 5.75 Å². The smallest absolute Gasteiger partial charge is 0.410 e. The molecule has 1 aliphatic heterocycles. The zero-order valence-electron chi connectivity index (χ0n) is 13.9. The van der Waals surface area contributed by atoms with Crippen LogP contribution in [-0.4, -0.2) is 48.1 Å². The summed E-state index contributed by atoms with van der Waals surface area (Å²) in [5.41, 5.74) is 1.06. The van der Waals surface area contributed by atoms with Gasteiger partial charge >= 0.3 is 12.1 Å². The quantitative estimate of drug-likeness (QED) is 0.935. The summed E-state index contributed by atoms with van der Waals surface area (Å²) in [6.07, 6.45) is -0.379. The van der Waals surface area contributed by atoms with Crippen LogP contribution in [0.3, 0.4) is 0 Å². The van der Waals surface area contributed by atoms with E-state index in [1.807, 2.05) is 48.5 Å². The number of hydrogen-bond acceptors (Lipinski definition) is 3. The summed E-state index contributed by atoms with van der Waals surface area (Å²) < 4.78 is 5.32. The molecule has 0 atom stereocenters. The van der Waals surface area contributed by atoms with Crippen molar-refractivity contribution in [3.05, 3.63) is 66.2 Å². The van der Waals surface area contributed by atoms with E-state index in [2.05, 4.69) is 5.32 Å². The summed E-state index contributed by atoms with van der Waals surface area (Å²) in [5, 5.41) is 2.90. The molecular weight excluding hydrogens is 318 g/mol. The first-order valence-electron chi connectivity index (χ1n) is 8.31. The average molecular weight is 339 g/mol. The van der Waals surface area contributed by atoms with E-state index in [1.165, 1.54) is 0 Å². The Labute approximate surface area is 147 Å². The Kier molecular flexibility index (Phi) is 5.51. The fourth-order valence-electron chi connectivity index (χ4n) is 2.63. The van der Waals surface area contributed by atoms with Crippen molar-refractivity contribution in [1.29, 1.82) is 0 Å². The third kappa shape index (κ3) is 4.73. The molecule has 1 heterocycles. The minimum atomic E-state index is -0.379. The van der Waals surface area contributed by atoms with Crippen LogP contribution in [0.2, 0.25) is 0 Å². The fraction of sp³-hybridized carbons (Fsp3) is 0.263. The van der Waals surface area contributed by atoms with Crippen molar-refractivity contribution in [3.8, 4) is 5.75 Å². The lowest BCUT2D eigenvalue weighted by Gasteiger charge is -2.34. The number of piperazine rings is 1. The highest BCUT2D eigenvalue weighted by molar-refractivity contribution is 5.75. The van der Waals surface area contributed by atoms with E-state index >= 15 is 0 Å². The minimum Gasteiger partial charge on any atom is -0.410 e. The van der Waals surface area contributed by atoms with Crippen molar-refractivity contribution in [2.75, 3.05) is 26.2 Å². The van der Waals surface area contributed by atoms with Crippen LogP contribution < -0.4 is 10.1 Å². The van der Waals surface area contributed by atoms with Gasteiger partial charge in [0.2, 0.25) is 0 Å². The second kappa shape index (κ2) is 8.19. The topological polar surface area (TPSA) is 61.9 Å². The molecule has 25 heavy (non-hydrogen) atoms. The Balaban J connectivity index is 1.43. The summed E-state index contributed by atoms with van der Waals surface area (Å²) in [6.45, 7) is 2.40. The van der Waals surface area contributed by atoms with Crippen molar-refractivity contribution < 1.29 is 14.3 Å². The maximum atomic E-state index is 12.2. The highest BCUT2D eigenvalue weighted by atomic mass is 16.6. The Hall–Kier alpha value is -3.02. The van der Waals surface area contributed by atoms with Gasteiger partial charge in [-0.05, 0) is 17.7 Å². The van der Waals surface area contributed by atoms with Crippen molar-refractivity contribution in [2.24, 2.45) is 0 Å². The van der Waals surface area contributed by atoms with Gasteiger partial charge < -0.3 is 19.9 Å². The summed E-state index contributed by atoms with van der Waals surface area (Å²) in [4.78, 5) is 27.7. The molecule has 0 radical (unpaired) electrons. The zero-order valence-corrected chi connectivity index (χ0v) is 13.9. The lowest BCUT2D eigenvalue weighted by molar-refractivity contribution is 0.116. The van der Waals surface area contributed by atoms with Gasteiger partial charge in [-0.15, -0.1) is 0 Å². The highest BCUT2D eigenvalue weighted by Gasteiger charge is 2.25. The van der Waals surface area contributed by atoms with Crippen LogP contribution in [0.25, 0.3) is 0 Å². The highest BCUT2D eigenvalue weighted by Crippen LogP contribution is 2.12. The number of amides is 3. The first-order valence-corrected chi connectivity index (χ1v) is 8.31. The number of nitrogens with one attached hydrogen (secondary N) is 1. The van der Waals surface area contributed by atoms with Crippen LogP contribution in [-0.2, 0) is 6.54 Å². The lowest BCUT2D eigenvalue weighted by atomic mass is 10.2. The number of benzene rings is 2. The molecule has 1 fully saturated rings. The molecular formula is C19H21N3O3. The second-order valence-corrected chi connectivity index (χ2v) is 5.80. The van der Waals surface area contributed by atoms with E-state index in [0.717, 1.165) is 5.56 Å². The summed E-state index contributed by atoms with van der Waals surface area (Å²) in [6, 6.07) is 18.6. The van der Waals surface area contributed by atoms with Crippen LogP contribution >= 0.6 is 0 Å². The largest absolute Gasteiger partial charge is 0.415 e. The van der Waals surface area contributed by atoms with Gasteiger partial charge in [0.25, 0.3) is 0 Å². The predicted octanol–water partition coefficient (Wildman–Crippen LogP) is 2.71. The Morgan fingerprint density at radius 3 is 2.04 bits per heavy atom. The van der Waals surface area contributed by atoms with Gasteiger partial charge in [-0.3, -0.25) is 0 Å². The average Bonchev–Trinajstić information content (AvgIpc) is 2.68. The minimum absolute atomic E-state index is 0.111. The molecule has 1 saturated heterocycles. The van der Waals surface area contributed by atoms with E-state index in [4.69, 9.17) is 4.74 Å². The molecule has 2 aromatic rings. The number of para-hydroxylation sites is 1. The Morgan fingerprint density at radius 2 is 1.40 bits per heavy atom. The molecule has 3 amide bonds. The van der Waals surface area contributed by atoms with Crippen LogP contribution in [0.1, 0.15) is 5.56 Å². The van der Waals surface area contributed by atoms with Crippen LogP contribution in [0.5, 0.6) is 5.75 Å². The molecule has 130 valence electrons. The monoisotopic (exact) mass is 339 g/mol. The molecule has 1 N–H and O–H groups in total. The molecule has 1 aliphatic rings. The summed E-state index contributed by atoms with van der Waals surface area (Å²) >= 11 is 0. The molecule has 0 unspecified atom stereocenters. The first kappa shape index (κ1) is 16.8. The third-order valence-corrected chi connectivity index (χ3v) is 4.06. The Bertz CT molecular complexity index is 698. The Morgan fingerprint density at radius 1 is 0.840 bits per heavy atom. The number of nitrogens with zero attached hydrogens (tertiary/aromatic N) is 2. The van der Waals surface area contributed by atoms with Crippen molar-refractivity contribution >= 4 is 12.1 Å². The van der Waals surface area contributed by atoms with Crippen LogP contribution in [0.4, 0.5) is 9.59 Å². The molecule has 6 nitrogen and oxygen atoms in total. The number of rotatable bonds is 3. The SMILES string of the molecule is O=C(NCc1ccccc1)N1CCN(C(=O)Oc2ccccc2)CC1. The molecule has 0 aliphatic carbocycles. The van der Waals surface area contributed by atoms with Crippen LogP contribution in [0, 0.1) is 0 Å². The number of carbonyl (C=O) groups excluding carboxylic acids is 2. The van der Waals surface area contributed by atoms with Gasteiger partial charge in [0.05, 0.1) is 0 Å². The molecule has 0 aromatic heterocycles. The normalized spacial score (nSPS) is 14.1. The summed E-state index contributed by atoms with van der Waals surface area (Å²) in [7, 11) is 0. The van der Waals surface area contributed by atoms with Crippen LogP contribution in [0.15, 0.2) is 60.7 Å². The van der Waals surface area contributed by atoms with E-state index in [0.29, 0.717) is 38.5 Å². The molecule has 6 heteroatoms. The second-order valence-electron chi connectivity index (χ2n) is 5.80. The molecule has 0 bridgehead atoms. The van der Waals surface area contributed by atoms with Gasteiger partial charge in [-0.25, -0.2) is 9.59 Å². The molecule has 3 rings (SSSR count). The maximum absolute atomic E-state index is 12.2. The first-order chi connectivity index (χ1) is 12.2. The van der Waals surface area contributed by atoms with E-state index in [9.17, 15) is 9.59 Å². The number of ether oxygens (including phenoxy) is 1. The van der Waals surface area contributed by atoms with Crippen molar-refractivity contribution in [3.63, 3.8) is 0 Å². The molecule has 0 spiro atoms. The standard InChI is InChI=1S/C19H21N3O3/c23-18(20-15-16-7-3-1-4-8-16)21-11-13-22(14-12-21)19(24)25-17-9-5-2-6-10-17/h1-10H,11-15H2,(H,20,23). The van der Waals surface area contributed by atoms with Gasteiger partial charge in [0, 0.05) is 32.7 Å². The molecule has 2 aromatic carbocycles. The lowest BCUT2D eigenvalue weighted by Crippen LogP contribution is -2.53. The fourth-order valence-corrected chi connectivity index (χ4v) is 2.63. The number of carbonyl (C=O) groups is 2. The van der Waals surface area contributed by atoms with Gasteiger partial charge in [-0.2, -0.15) is 0 Å². The number of urea groups is 1. The zero-order chi connectivity index (χ0) is 17.5. The van der Waals surface area contributed by atoms with Crippen molar-refractivity contribution in [2.45, 2.75) is 6.54 Å².